The van der Waals surface area contributed by atoms with Gasteiger partial charge in [-0.15, -0.1) is 0 Å². The van der Waals surface area contributed by atoms with E-state index in [1.807, 2.05) is 27.6 Å². The van der Waals surface area contributed by atoms with Crippen molar-refractivity contribution in [1.29, 1.82) is 0 Å². The summed E-state index contributed by atoms with van der Waals surface area (Å²) in [5, 5.41) is 4.43. The third-order valence-corrected chi connectivity index (χ3v) is 5.18. The number of amides is 2. The number of carbonyl (C=O) groups excluding carboxylic acids is 2. The van der Waals surface area contributed by atoms with Gasteiger partial charge in [0.2, 0.25) is 5.91 Å². The highest BCUT2D eigenvalue weighted by Gasteiger charge is 2.31. The number of rotatable bonds is 4. The van der Waals surface area contributed by atoms with Crippen molar-refractivity contribution in [2.45, 2.75) is 52.5 Å². The van der Waals surface area contributed by atoms with Gasteiger partial charge in [-0.2, -0.15) is 5.10 Å². The molecule has 132 valence electrons. The number of hydrogen-bond donors (Lipinski definition) is 0. The molecule has 0 atom stereocenters. The van der Waals surface area contributed by atoms with Gasteiger partial charge in [0.25, 0.3) is 5.91 Å². The van der Waals surface area contributed by atoms with E-state index in [4.69, 9.17) is 0 Å². The molecule has 6 nitrogen and oxygen atoms in total. The molecule has 0 spiro atoms. The summed E-state index contributed by atoms with van der Waals surface area (Å²) in [6.45, 7) is 7.58. The van der Waals surface area contributed by atoms with Gasteiger partial charge in [0.05, 0.1) is 11.3 Å². The van der Waals surface area contributed by atoms with Crippen molar-refractivity contribution in [1.82, 2.24) is 19.6 Å². The Morgan fingerprint density at radius 3 is 2.50 bits per heavy atom. The predicted molar refractivity (Wildman–Crippen MR) is 91.7 cm³/mol. The maximum absolute atomic E-state index is 12.8. The van der Waals surface area contributed by atoms with Gasteiger partial charge < -0.3 is 9.80 Å². The first-order chi connectivity index (χ1) is 11.6. The molecular weight excluding hydrogens is 304 g/mol. The van der Waals surface area contributed by atoms with E-state index in [1.54, 1.807) is 0 Å². The second-order valence-electron chi connectivity index (χ2n) is 6.99. The highest BCUT2D eigenvalue weighted by atomic mass is 16.2. The molecule has 2 aliphatic rings. The van der Waals surface area contributed by atoms with E-state index in [0.717, 1.165) is 44.5 Å². The van der Waals surface area contributed by atoms with Crippen LogP contribution in [0.2, 0.25) is 0 Å². The van der Waals surface area contributed by atoms with Crippen LogP contribution in [0.5, 0.6) is 0 Å². The normalized spacial score (nSPS) is 19.1. The standard InChI is InChI=1S/C18H28N4O2/c1-3-8-22-13-16(14(2)19-22)18(24)21-10-5-9-20(11-12-21)17(23)15-6-4-7-15/h13,15H,3-12H2,1-2H3. The Morgan fingerprint density at radius 2 is 1.83 bits per heavy atom. The summed E-state index contributed by atoms with van der Waals surface area (Å²) in [6, 6.07) is 0. The Bertz CT molecular complexity index is 606. The lowest BCUT2D eigenvalue weighted by Gasteiger charge is -2.31. The van der Waals surface area contributed by atoms with Crippen LogP contribution in [0, 0.1) is 12.8 Å². The van der Waals surface area contributed by atoms with Gasteiger partial charge in [-0.05, 0) is 32.6 Å². The first-order valence-corrected chi connectivity index (χ1v) is 9.22. The smallest absolute Gasteiger partial charge is 0.257 e. The Balaban J connectivity index is 1.62. The fourth-order valence-corrected chi connectivity index (χ4v) is 3.50. The molecule has 2 amide bonds. The number of hydrogen-bond acceptors (Lipinski definition) is 3. The molecule has 1 aromatic rings. The minimum absolute atomic E-state index is 0.0489. The van der Waals surface area contributed by atoms with Gasteiger partial charge >= 0.3 is 0 Å². The third kappa shape index (κ3) is 3.47. The first-order valence-electron chi connectivity index (χ1n) is 9.22. The topological polar surface area (TPSA) is 58.4 Å². The SMILES string of the molecule is CCCn1cc(C(=O)N2CCCN(C(=O)C3CCC3)CC2)c(C)n1. The van der Waals surface area contributed by atoms with Gasteiger partial charge in [0.15, 0.2) is 0 Å². The Kier molecular flexibility index (Phi) is 5.21. The summed E-state index contributed by atoms with van der Waals surface area (Å²) >= 11 is 0. The molecule has 2 heterocycles. The van der Waals surface area contributed by atoms with Crippen LogP contribution in [-0.2, 0) is 11.3 Å². The van der Waals surface area contributed by atoms with Crippen molar-refractivity contribution in [3.63, 3.8) is 0 Å². The summed E-state index contributed by atoms with van der Waals surface area (Å²) in [5.74, 6) is 0.581. The monoisotopic (exact) mass is 332 g/mol. The van der Waals surface area contributed by atoms with Crippen LogP contribution in [0.25, 0.3) is 0 Å². The molecule has 1 saturated carbocycles. The van der Waals surface area contributed by atoms with Gasteiger partial charge in [-0.3, -0.25) is 14.3 Å². The van der Waals surface area contributed by atoms with Crippen LogP contribution in [0.15, 0.2) is 6.20 Å². The minimum Gasteiger partial charge on any atom is -0.341 e. The van der Waals surface area contributed by atoms with Crippen molar-refractivity contribution in [2.24, 2.45) is 5.92 Å². The molecule has 6 heteroatoms. The maximum Gasteiger partial charge on any atom is 0.257 e. The quantitative estimate of drug-likeness (QED) is 0.848. The highest BCUT2D eigenvalue weighted by molar-refractivity contribution is 5.95. The van der Waals surface area contributed by atoms with E-state index in [1.165, 1.54) is 6.42 Å². The summed E-state index contributed by atoms with van der Waals surface area (Å²) in [7, 11) is 0. The largest absolute Gasteiger partial charge is 0.341 e. The molecule has 0 bridgehead atoms. The van der Waals surface area contributed by atoms with Gasteiger partial charge in [-0.1, -0.05) is 13.3 Å². The number of nitrogens with zero attached hydrogens (tertiary/aromatic N) is 4. The van der Waals surface area contributed by atoms with Crippen molar-refractivity contribution < 1.29 is 9.59 Å². The molecule has 1 aliphatic heterocycles. The van der Waals surface area contributed by atoms with E-state index in [-0.39, 0.29) is 11.8 Å². The van der Waals surface area contributed by atoms with Crippen LogP contribution in [0.3, 0.4) is 0 Å². The van der Waals surface area contributed by atoms with Crippen molar-refractivity contribution >= 4 is 11.8 Å². The zero-order chi connectivity index (χ0) is 17.1. The lowest BCUT2D eigenvalue weighted by Crippen LogP contribution is -2.41. The highest BCUT2D eigenvalue weighted by Crippen LogP contribution is 2.28. The Morgan fingerprint density at radius 1 is 1.12 bits per heavy atom. The summed E-state index contributed by atoms with van der Waals surface area (Å²) in [5.41, 5.74) is 1.49. The molecule has 1 aliphatic carbocycles. The lowest BCUT2D eigenvalue weighted by atomic mass is 9.84. The van der Waals surface area contributed by atoms with E-state index in [0.29, 0.717) is 31.1 Å². The molecule has 3 rings (SSSR count). The van der Waals surface area contributed by atoms with E-state index >= 15 is 0 Å². The molecular formula is C18H28N4O2. The molecule has 0 unspecified atom stereocenters. The number of aromatic nitrogens is 2. The van der Waals surface area contributed by atoms with Gasteiger partial charge in [0, 0.05) is 44.8 Å². The first kappa shape index (κ1) is 17.0. The Hall–Kier alpha value is -1.85. The maximum atomic E-state index is 12.8. The molecule has 1 saturated heterocycles. The van der Waals surface area contributed by atoms with E-state index in [2.05, 4.69) is 12.0 Å². The van der Waals surface area contributed by atoms with Crippen LogP contribution < -0.4 is 0 Å². The van der Waals surface area contributed by atoms with Crippen LogP contribution in [-0.4, -0.2) is 57.6 Å². The zero-order valence-electron chi connectivity index (χ0n) is 14.8. The minimum atomic E-state index is 0.0489. The average Bonchev–Trinajstić information content (AvgIpc) is 2.72. The van der Waals surface area contributed by atoms with Crippen LogP contribution >= 0.6 is 0 Å². The summed E-state index contributed by atoms with van der Waals surface area (Å²) in [6.07, 6.45) is 6.96. The predicted octanol–water partition coefficient (Wildman–Crippen LogP) is 2.08. The van der Waals surface area contributed by atoms with Crippen LogP contribution in [0.4, 0.5) is 0 Å². The third-order valence-electron chi connectivity index (χ3n) is 5.18. The zero-order valence-corrected chi connectivity index (χ0v) is 14.8. The van der Waals surface area contributed by atoms with E-state index in [9.17, 15) is 9.59 Å². The van der Waals surface area contributed by atoms with Gasteiger partial charge in [0.1, 0.15) is 0 Å². The van der Waals surface area contributed by atoms with E-state index < -0.39 is 0 Å². The molecule has 24 heavy (non-hydrogen) atoms. The second kappa shape index (κ2) is 7.36. The molecule has 1 aromatic heterocycles. The number of carbonyl (C=O) groups is 2. The summed E-state index contributed by atoms with van der Waals surface area (Å²) < 4.78 is 1.85. The van der Waals surface area contributed by atoms with Crippen molar-refractivity contribution in [3.8, 4) is 0 Å². The lowest BCUT2D eigenvalue weighted by molar-refractivity contribution is -0.138. The second-order valence-corrected chi connectivity index (χ2v) is 6.99. The fourth-order valence-electron chi connectivity index (χ4n) is 3.50. The van der Waals surface area contributed by atoms with Crippen LogP contribution in [0.1, 0.15) is 55.1 Å². The average molecular weight is 332 g/mol. The summed E-state index contributed by atoms with van der Waals surface area (Å²) in [4.78, 5) is 29.1. The van der Waals surface area contributed by atoms with Crippen molar-refractivity contribution in [2.75, 3.05) is 26.2 Å². The Labute approximate surface area is 143 Å². The molecule has 0 aromatic carbocycles. The molecule has 2 fully saturated rings. The number of aryl methyl sites for hydroxylation is 2. The molecule has 0 N–H and O–H groups in total. The molecule has 0 radical (unpaired) electrons. The van der Waals surface area contributed by atoms with Gasteiger partial charge in [-0.25, -0.2) is 0 Å². The van der Waals surface area contributed by atoms with Crippen molar-refractivity contribution in [3.05, 3.63) is 17.5 Å². The fraction of sp³-hybridized carbons (Fsp3) is 0.722.